The average molecular weight is 379 g/mol. The monoisotopic (exact) mass is 378 g/mol. The minimum Gasteiger partial charge on any atom is -0.480 e. The smallest absolute Gasteiger partial charge is 0.323 e. The summed E-state index contributed by atoms with van der Waals surface area (Å²) in [5.41, 5.74) is 0. The third kappa shape index (κ3) is 13.5. The SMILES string of the molecule is CCCCCCCCC=CCCCCCCCCC1=NCCN1CC(=O)O. The summed E-state index contributed by atoms with van der Waals surface area (Å²) in [5, 5.41) is 8.90. The first-order chi connectivity index (χ1) is 13.2. The second-order valence-corrected chi connectivity index (χ2v) is 7.80. The van der Waals surface area contributed by atoms with Gasteiger partial charge in [0, 0.05) is 13.0 Å². The summed E-state index contributed by atoms with van der Waals surface area (Å²) in [6.45, 7) is 3.90. The van der Waals surface area contributed by atoms with E-state index in [1.54, 1.807) is 0 Å². The molecule has 0 fully saturated rings. The Kier molecular flexibility index (Phi) is 14.8. The van der Waals surface area contributed by atoms with E-state index in [-0.39, 0.29) is 6.54 Å². The molecule has 0 aliphatic carbocycles. The standard InChI is InChI=1S/C23H42N2O2/c1-2-3-4-5-6-7-8-9-10-11-12-13-14-15-16-17-18-22-24-19-20-25(22)21-23(26)27/h9-10H,2-8,11-21H2,1H3,(H,26,27). The van der Waals surface area contributed by atoms with E-state index in [1.165, 1.54) is 83.5 Å². The number of unbranched alkanes of at least 4 members (excludes halogenated alkanes) is 12. The largest absolute Gasteiger partial charge is 0.480 e. The van der Waals surface area contributed by atoms with Crippen LogP contribution in [0.5, 0.6) is 0 Å². The van der Waals surface area contributed by atoms with E-state index in [9.17, 15) is 4.79 Å². The fraction of sp³-hybridized carbons (Fsp3) is 0.826. The molecular formula is C23H42N2O2. The number of amidine groups is 1. The maximum Gasteiger partial charge on any atom is 0.323 e. The van der Waals surface area contributed by atoms with Crippen molar-refractivity contribution in [3.63, 3.8) is 0 Å². The van der Waals surface area contributed by atoms with Crippen LogP contribution in [0.15, 0.2) is 17.1 Å². The highest BCUT2D eigenvalue weighted by atomic mass is 16.4. The van der Waals surface area contributed by atoms with Crippen molar-refractivity contribution >= 4 is 11.8 Å². The number of rotatable bonds is 18. The van der Waals surface area contributed by atoms with Crippen LogP contribution in [0.3, 0.4) is 0 Å². The highest BCUT2D eigenvalue weighted by molar-refractivity contribution is 5.86. The number of hydrogen-bond acceptors (Lipinski definition) is 3. The van der Waals surface area contributed by atoms with Crippen molar-refractivity contribution in [3.8, 4) is 0 Å². The lowest BCUT2D eigenvalue weighted by Gasteiger charge is -2.17. The van der Waals surface area contributed by atoms with Crippen LogP contribution in [0.4, 0.5) is 0 Å². The first kappa shape index (κ1) is 23.7. The molecule has 0 aromatic carbocycles. The van der Waals surface area contributed by atoms with Gasteiger partial charge in [0.1, 0.15) is 6.54 Å². The molecule has 0 amide bonds. The predicted octanol–water partition coefficient (Wildman–Crippen LogP) is 6.21. The Morgan fingerprint density at radius 3 is 2.07 bits per heavy atom. The molecule has 27 heavy (non-hydrogen) atoms. The van der Waals surface area contributed by atoms with Gasteiger partial charge in [0.15, 0.2) is 0 Å². The van der Waals surface area contributed by atoms with Gasteiger partial charge in [-0.15, -0.1) is 0 Å². The Morgan fingerprint density at radius 2 is 1.48 bits per heavy atom. The predicted molar refractivity (Wildman–Crippen MR) is 116 cm³/mol. The van der Waals surface area contributed by atoms with Crippen molar-refractivity contribution in [2.75, 3.05) is 19.6 Å². The number of hydrogen-bond donors (Lipinski definition) is 1. The van der Waals surface area contributed by atoms with E-state index >= 15 is 0 Å². The summed E-state index contributed by atoms with van der Waals surface area (Å²) in [4.78, 5) is 17.2. The van der Waals surface area contributed by atoms with Crippen molar-refractivity contribution in [1.29, 1.82) is 0 Å². The van der Waals surface area contributed by atoms with Crippen LogP contribution >= 0.6 is 0 Å². The first-order valence-electron chi connectivity index (χ1n) is 11.4. The highest BCUT2D eigenvalue weighted by Gasteiger charge is 2.18. The van der Waals surface area contributed by atoms with Crippen LogP contribution in [0.1, 0.15) is 103 Å². The number of carbonyl (C=O) groups is 1. The topological polar surface area (TPSA) is 52.9 Å². The van der Waals surface area contributed by atoms with Crippen LogP contribution in [0.2, 0.25) is 0 Å². The third-order valence-electron chi connectivity index (χ3n) is 5.27. The minimum absolute atomic E-state index is 0.102. The lowest BCUT2D eigenvalue weighted by atomic mass is 10.1. The van der Waals surface area contributed by atoms with Gasteiger partial charge in [-0.3, -0.25) is 9.79 Å². The Morgan fingerprint density at radius 1 is 0.926 bits per heavy atom. The van der Waals surface area contributed by atoms with Crippen molar-refractivity contribution in [3.05, 3.63) is 12.2 Å². The third-order valence-corrected chi connectivity index (χ3v) is 5.27. The summed E-state index contributed by atoms with van der Waals surface area (Å²) < 4.78 is 0. The Labute approximate surface area is 167 Å². The van der Waals surface area contributed by atoms with E-state index < -0.39 is 5.97 Å². The molecule has 0 unspecified atom stereocenters. The molecule has 0 atom stereocenters. The summed E-state index contributed by atoms with van der Waals surface area (Å²) in [7, 11) is 0. The van der Waals surface area contributed by atoms with Crippen molar-refractivity contribution in [2.45, 2.75) is 103 Å². The van der Waals surface area contributed by atoms with Gasteiger partial charge in [-0.05, 0) is 32.1 Å². The molecule has 1 N–H and O–H groups in total. The van der Waals surface area contributed by atoms with E-state index in [0.717, 1.165) is 31.8 Å². The zero-order valence-electron chi connectivity index (χ0n) is 17.6. The maximum absolute atomic E-state index is 10.8. The summed E-state index contributed by atoms with van der Waals surface area (Å²) in [6, 6.07) is 0. The van der Waals surface area contributed by atoms with E-state index in [2.05, 4.69) is 24.1 Å². The molecule has 1 heterocycles. The van der Waals surface area contributed by atoms with Crippen LogP contribution < -0.4 is 0 Å². The highest BCUT2D eigenvalue weighted by Crippen LogP contribution is 2.13. The van der Waals surface area contributed by atoms with Gasteiger partial charge in [-0.2, -0.15) is 0 Å². The lowest BCUT2D eigenvalue weighted by molar-refractivity contribution is -0.137. The zero-order valence-corrected chi connectivity index (χ0v) is 17.6. The Balaban J connectivity index is 1.84. The van der Waals surface area contributed by atoms with Crippen LogP contribution in [-0.4, -0.2) is 41.4 Å². The van der Waals surface area contributed by atoms with Gasteiger partial charge in [0.05, 0.1) is 12.4 Å². The molecule has 156 valence electrons. The molecule has 0 aromatic rings. The molecule has 4 heteroatoms. The van der Waals surface area contributed by atoms with Crippen LogP contribution in [0.25, 0.3) is 0 Å². The van der Waals surface area contributed by atoms with Crippen molar-refractivity contribution < 1.29 is 9.90 Å². The normalized spacial score (nSPS) is 14.3. The number of nitrogens with zero attached hydrogens (tertiary/aromatic N) is 2. The molecule has 1 aliphatic heterocycles. The molecule has 0 bridgehead atoms. The summed E-state index contributed by atoms with van der Waals surface area (Å²) in [6.07, 6.45) is 24.1. The molecule has 4 nitrogen and oxygen atoms in total. The Bertz CT molecular complexity index is 432. The van der Waals surface area contributed by atoms with Gasteiger partial charge < -0.3 is 10.0 Å². The van der Waals surface area contributed by atoms with Gasteiger partial charge in [0.25, 0.3) is 0 Å². The van der Waals surface area contributed by atoms with E-state index in [0.29, 0.717) is 0 Å². The summed E-state index contributed by atoms with van der Waals surface area (Å²) in [5.74, 6) is 0.249. The fourth-order valence-corrected chi connectivity index (χ4v) is 3.63. The molecule has 0 saturated carbocycles. The quantitative estimate of drug-likeness (QED) is 0.228. The number of aliphatic imine (C=N–C) groups is 1. The van der Waals surface area contributed by atoms with Gasteiger partial charge in [0.2, 0.25) is 0 Å². The molecule has 0 aromatic heterocycles. The molecule has 0 spiro atoms. The zero-order chi connectivity index (χ0) is 19.6. The summed E-state index contributed by atoms with van der Waals surface area (Å²) >= 11 is 0. The second-order valence-electron chi connectivity index (χ2n) is 7.80. The minimum atomic E-state index is -0.759. The van der Waals surface area contributed by atoms with Crippen LogP contribution in [-0.2, 0) is 4.79 Å². The maximum atomic E-state index is 10.8. The van der Waals surface area contributed by atoms with Gasteiger partial charge in [-0.1, -0.05) is 76.9 Å². The van der Waals surface area contributed by atoms with Crippen molar-refractivity contribution in [2.24, 2.45) is 4.99 Å². The molecule has 0 radical (unpaired) electrons. The number of aliphatic carboxylic acids is 1. The Hall–Kier alpha value is -1.32. The molecule has 1 aliphatic rings. The molecule has 1 rings (SSSR count). The van der Waals surface area contributed by atoms with E-state index in [4.69, 9.17) is 5.11 Å². The van der Waals surface area contributed by atoms with Crippen molar-refractivity contribution in [1.82, 2.24) is 4.90 Å². The number of carboxylic acids is 1. The van der Waals surface area contributed by atoms with E-state index in [1.807, 2.05) is 4.90 Å². The van der Waals surface area contributed by atoms with Gasteiger partial charge in [-0.25, -0.2) is 0 Å². The lowest BCUT2D eigenvalue weighted by Crippen LogP contribution is -2.32. The first-order valence-corrected chi connectivity index (χ1v) is 11.4. The van der Waals surface area contributed by atoms with Crippen LogP contribution in [0, 0.1) is 0 Å². The average Bonchev–Trinajstić information content (AvgIpc) is 3.07. The fourth-order valence-electron chi connectivity index (χ4n) is 3.63. The van der Waals surface area contributed by atoms with Gasteiger partial charge >= 0.3 is 5.97 Å². The second kappa shape index (κ2) is 16.8. The number of carboxylic acid groups (broad SMARTS) is 1. The number of allylic oxidation sites excluding steroid dienone is 2. The molecular weight excluding hydrogens is 336 g/mol. The molecule has 0 saturated heterocycles.